The van der Waals surface area contributed by atoms with Crippen LogP contribution in [0.5, 0.6) is 0 Å². The van der Waals surface area contributed by atoms with Crippen molar-refractivity contribution in [1.82, 2.24) is 0 Å². The van der Waals surface area contributed by atoms with Gasteiger partial charge in [-0.15, -0.1) is 0 Å². The molecule has 0 saturated heterocycles. The molecule has 0 aromatic carbocycles. The third-order valence-corrected chi connectivity index (χ3v) is 35.2. The van der Waals surface area contributed by atoms with E-state index in [1.165, 1.54) is 186 Å². The molecule has 4 rings (SSSR count). The van der Waals surface area contributed by atoms with Gasteiger partial charge in [0.25, 0.3) is 0 Å². The maximum absolute atomic E-state index is 2.67. The summed E-state index contributed by atoms with van der Waals surface area (Å²) in [5.41, 5.74) is 3.32. The molecular weight excluding hydrogens is 942 g/mol. The standard InChI is InChI=1S/C42H62S4.6CH3.2Sn/c1-3-5-7-9-11-13-15-17-19-21-23-25-27-35-29-31-43-41(35)39-33-37-38(45-39)34-40(46-37)42-36(30-32-44-42)28-26-24-22-20-18-16-14-12-10-8-6-4-2;;;;;;;;/h29-30,33-34H,3-28H2,1-2H3;6*1H3;;. The van der Waals surface area contributed by atoms with Gasteiger partial charge < -0.3 is 0 Å². The van der Waals surface area contributed by atoms with Crippen molar-refractivity contribution in [2.75, 3.05) is 0 Å². The molecule has 0 aliphatic heterocycles. The summed E-state index contributed by atoms with van der Waals surface area (Å²) < 4.78 is 6.54. The van der Waals surface area contributed by atoms with Crippen LogP contribution in [0.2, 0.25) is 29.6 Å². The van der Waals surface area contributed by atoms with Crippen LogP contribution in [0.3, 0.4) is 0 Å². The van der Waals surface area contributed by atoms with Crippen molar-refractivity contribution < 1.29 is 0 Å². The number of hydrogen-bond acceptors (Lipinski definition) is 4. The molecule has 0 unspecified atom stereocenters. The molecule has 0 bridgehead atoms. The summed E-state index contributed by atoms with van der Waals surface area (Å²) in [7, 11) is 0. The molecule has 304 valence electrons. The van der Waals surface area contributed by atoms with Crippen molar-refractivity contribution >= 4 is 97.3 Å². The number of fused-ring (bicyclic) bond motifs is 1. The van der Waals surface area contributed by atoms with E-state index in [-0.39, 0.29) is 0 Å². The predicted octanol–water partition coefficient (Wildman–Crippen LogP) is 18.0. The minimum absolute atomic E-state index is 1.27. The molecule has 0 fully saturated rings. The van der Waals surface area contributed by atoms with Crippen molar-refractivity contribution in [2.24, 2.45) is 0 Å². The second-order valence-corrected chi connectivity index (χ2v) is 53.8. The second-order valence-electron chi connectivity index (χ2n) is 18.7. The van der Waals surface area contributed by atoms with Crippen molar-refractivity contribution in [3.8, 4) is 19.5 Å². The van der Waals surface area contributed by atoms with Gasteiger partial charge in [-0.25, -0.2) is 0 Å². The van der Waals surface area contributed by atoms with E-state index in [1.54, 1.807) is 26.7 Å². The molecule has 0 amide bonds. The normalized spacial score (nSPS) is 12.5. The summed E-state index contributed by atoms with van der Waals surface area (Å²) in [4.78, 5) is 21.9. The molecule has 0 spiro atoms. The first kappa shape index (κ1) is 47.3. The van der Waals surface area contributed by atoms with Gasteiger partial charge in [-0.05, 0) is 0 Å². The zero-order valence-electron chi connectivity index (χ0n) is 36.3. The Kier molecular flexibility index (Phi) is 22.2. The third kappa shape index (κ3) is 16.4. The second kappa shape index (κ2) is 25.3. The van der Waals surface area contributed by atoms with E-state index in [0.717, 1.165) is 0 Å². The Labute approximate surface area is 358 Å². The van der Waals surface area contributed by atoms with Gasteiger partial charge in [0, 0.05) is 0 Å². The topological polar surface area (TPSA) is 0 Å². The van der Waals surface area contributed by atoms with Crippen LogP contribution in [-0.2, 0) is 12.8 Å². The van der Waals surface area contributed by atoms with Crippen molar-refractivity contribution in [1.29, 1.82) is 0 Å². The fourth-order valence-electron chi connectivity index (χ4n) is 7.76. The molecule has 0 aliphatic carbocycles. The molecule has 54 heavy (non-hydrogen) atoms. The summed E-state index contributed by atoms with van der Waals surface area (Å²) >= 11 is 4.20. The average Bonchev–Trinajstić information content (AvgIpc) is 3.91. The molecule has 0 radical (unpaired) electrons. The fourth-order valence-corrected chi connectivity index (χ4v) is 23.4. The molecular formula is C48H80S4Sn2. The van der Waals surface area contributed by atoms with Gasteiger partial charge in [0.2, 0.25) is 0 Å². The van der Waals surface area contributed by atoms with Crippen LogP contribution in [0.4, 0.5) is 0 Å². The quantitative estimate of drug-likeness (QED) is 0.0361. The molecule has 0 nitrogen and oxygen atoms in total. The third-order valence-electron chi connectivity index (χ3n) is 11.4. The zero-order valence-corrected chi connectivity index (χ0v) is 45.3. The first-order valence-corrected chi connectivity index (χ1v) is 46.1. The Morgan fingerprint density at radius 1 is 0.352 bits per heavy atom. The molecule has 6 heteroatoms. The Morgan fingerprint density at radius 2 is 0.630 bits per heavy atom. The Balaban J connectivity index is 1.33. The summed E-state index contributed by atoms with van der Waals surface area (Å²) in [5.74, 6) is 0. The van der Waals surface area contributed by atoms with E-state index < -0.39 is 36.8 Å². The van der Waals surface area contributed by atoms with E-state index in [9.17, 15) is 0 Å². The SMILES string of the molecule is CCCCCCCCCCCCCCc1c[c]([Sn]([CH3])([CH3])[CH3])sc1-c1cc2sc(-c3s[c]([Sn]([CH3])([CH3])[CH3])cc3CCCCCCCCCCCCCC)cc2s1. The number of rotatable bonds is 30. The fraction of sp³-hybridized carbons (Fsp3) is 0.708. The Bertz CT molecular complexity index is 1440. The van der Waals surface area contributed by atoms with Gasteiger partial charge >= 0.3 is 297 Å². The average molecular weight is 1020 g/mol. The summed E-state index contributed by atoms with van der Waals surface area (Å²) in [6.07, 6.45) is 36.7. The van der Waals surface area contributed by atoms with Crippen LogP contribution < -0.4 is 5.79 Å². The number of hydrogen-bond donors (Lipinski definition) is 0. The van der Waals surface area contributed by atoms with Crippen LogP contribution in [0.25, 0.3) is 28.9 Å². The summed E-state index contributed by atoms with van der Waals surface area (Å²) in [5, 5.41) is 0. The van der Waals surface area contributed by atoms with Gasteiger partial charge in [0.1, 0.15) is 0 Å². The van der Waals surface area contributed by atoms with Gasteiger partial charge in [0.05, 0.1) is 0 Å². The monoisotopic (exact) mass is 1020 g/mol. The molecule has 4 aromatic heterocycles. The van der Waals surface area contributed by atoms with Crippen LogP contribution in [0, 0.1) is 0 Å². The van der Waals surface area contributed by atoms with Crippen LogP contribution in [-0.4, -0.2) is 36.8 Å². The Morgan fingerprint density at radius 3 is 0.907 bits per heavy atom. The van der Waals surface area contributed by atoms with Crippen molar-refractivity contribution in [2.45, 2.75) is 210 Å². The Hall–Kier alpha value is 0.657. The van der Waals surface area contributed by atoms with Gasteiger partial charge in [-0.1, -0.05) is 65.2 Å². The van der Waals surface area contributed by atoms with Crippen molar-refractivity contribution in [3.63, 3.8) is 0 Å². The molecule has 4 heterocycles. The van der Waals surface area contributed by atoms with E-state index in [4.69, 9.17) is 0 Å². The zero-order chi connectivity index (χ0) is 38.8. The molecule has 0 N–H and O–H groups in total. The van der Waals surface area contributed by atoms with Gasteiger partial charge in [0.15, 0.2) is 0 Å². The van der Waals surface area contributed by atoms with Crippen LogP contribution in [0.1, 0.15) is 179 Å². The predicted molar refractivity (Wildman–Crippen MR) is 262 cm³/mol. The first-order valence-electron chi connectivity index (χ1n) is 22.8. The maximum atomic E-state index is 2.67. The van der Waals surface area contributed by atoms with E-state index in [0.29, 0.717) is 0 Å². The van der Waals surface area contributed by atoms with Gasteiger partial charge in [-0.3, -0.25) is 0 Å². The van der Waals surface area contributed by atoms with Crippen LogP contribution >= 0.6 is 45.3 Å². The molecule has 0 aliphatic rings. The number of thiophene rings is 4. The minimum atomic E-state index is -2.15. The number of unbranched alkanes of at least 4 members (excludes halogenated alkanes) is 22. The summed E-state index contributed by atoms with van der Waals surface area (Å²) in [6.45, 7) is 4.63. The molecule has 4 aromatic rings. The van der Waals surface area contributed by atoms with Crippen molar-refractivity contribution in [3.05, 3.63) is 35.4 Å². The molecule has 0 atom stereocenters. The summed E-state index contributed by atoms with van der Waals surface area (Å²) in [6, 6.07) is 10.5. The van der Waals surface area contributed by atoms with E-state index >= 15 is 0 Å². The first-order chi connectivity index (χ1) is 26.0. The van der Waals surface area contributed by atoms with E-state index in [2.05, 4.69) is 113 Å². The molecule has 0 saturated carbocycles. The van der Waals surface area contributed by atoms with E-state index in [1.807, 2.05) is 0 Å². The van der Waals surface area contributed by atoms with Crippen LogP contribution in [0.15, 0.2) is 24.3 Å². The van der Waals surface area contributed by atoms with Gasteiger partial charge in [-0.2, -0.15) is 0 Å². The number of aryl methyl sites for hydroxylation is 2.